The number of carbonyl (C=O) groups is 2. The molecule has 276 valence electrons. The summed E-state index contributed by atoms with van der Waals surface area (Å²) < 4.78 is 35.2. The van der Waals surface area contributed by atoms with Crippen molar-refractivity contribution in [1.29, 1.82) is 0 Å². The lowest BCUT2D eigenvalue weighted by Crippen LogP contribution is -2.56. The van der Waals surface area contributed by atoms with E-state index in [2.05, 4.69) is 6.92 Å². The standard InChI is InChI=1S/C41H57F2NO5S/c1-5-7-8-12-21-29-39(42,43)30-22-13-10-9-11-20-27-34(40(48,28-6-2)37(46)47)36(45)44-35(31(3)4)41(49-38(44)50,32-23-16-14-17-24-32)33-25-18-15-19-26-33/h14-20,23-27,31,34-35,48H,5-13,21-22,28-30H2,1-4H3,(H,46,47)/t34-,35+,40+/m1/s1. The smallest absolute Gasteiger partial charge is 0.336 e. The molecule has 1 aliphatic heterocycles. The number of rotatable bonds is 22. The van der Waals surface area contributed by atoms with Crippen molar-refractivity contribution in [2.75, 3.05) is 0 Å². The number of ether oxygens (including phenoxy) is 1. The second-order valence-electron chi connectivity index (χ2n) is 14.1. The van der Waals surface area contributed by atoms with Crippen LogP contribution in [-0.4, -0.2) is 49.7 Å². The maximum absolute atomic E-state index is 14.7. The number of carboxylic acids is 1. The Kier molecular flexibility index (Phi) is 16.0. The number of benzene rings is 2. The zero-order chi connectivity index (χ0) is 36.8. The van der Waals surface area contributed by atoms with Crippen LogP contribution in [0.1, 0.15) is 129 Å². The summed E-state index contributed by atoms with van der Waals surface area (Å²) in [6.45, 7) is 7.79. The minimum absolute atomic E-state index is 0.0555. The van der Waals surface area contributed by atoms with Gasteiger partial charge in [0.15, 0.2) is 11.2 Å². The van der Waals surface area contributed by atoms with E-state index in [1.807, 2.05) is 74.5 Å². The minimum atomic E-state index is -2.63. The van der Waals surface area contributed by atoms with E-state index in [0.717, 1.165) is 43.2 Å². The number of hydrogen-bond acceptors (Lipinski definition) is 5. The number of nitrogens with zero attached hydrogens (tertiary/aromatic N) is 1. The highest BCUT2D eigenvalue weighted by Crippen LogP contribution is 2.48. The number of alkyl halides is 2. The molecule has 9 heteroatoms. The van der Waals surface area contributed by atoms with Gasteiger partial charge in [-0.15, -0.1) is 0 Å². The highest BCUT2D eigenvalue weighted by Gasteiger charge is 2.60. The quantitative estimate of drug-likeness (QED) is 0.0718. The van der Waals surface area contributed by atoms with E-state index < -0.39 is 41.0 Å². The van der Waals surface area contributed by atoms with Gasteiger partial charge in [-0.3, -0.25) is 9.69 Å². The molecule has 0 bridgehead atoms. The number of aliphatic hydroxyl groups is 1. The molecule has 3 atom stereocenters. The Balaban J connectivity index is 1.80. The number of carboxylic acid groups (broad SMARTS) is 1. The lowest BCUT2D eigenvalue weighted by Gasteiger charge is -2.39. The van der Waals surface area contributed by atoms with E-state index in [9.17, 15) is 28.6 Å². The number of thiocarbonyl (C=S) groups is 1. The summed E-state index contributed by atoms with van der Waals surface area (Å²) in [7, 11) is 0. The van der Waals surface area contributed by atoms with Crippen LogP contribution in [0.4, 0.5) is 8.78 Å². The molecule has 0 aliphatic carbocycles. The maximum Gasteiger partial charge on any atom is 0.336 e. The molecule has 1 fully saturated rings. The van der Waals surface area contributed by atoms with Gasteiger partial charge in [0.1, 0.15) is 0 Å². The monoisotopic (exact) mass is 713 g/mol. The number of unbranched alkanes of at least 4 members (excludes halogenated alkanes) is 8. The van der Waals surface area contributed by atoms with Gasteiger partial charge in [-0.05, 0) is 50.2 Å². The third-order valence-corrected chi connectivity index (χ3v) is 10.1. The summed E-state index contributed by atoms with van der Waals surface area (Å²) >= 11 is 5.77. The first kappa shape index (κ1) is 41.3. The largest absolute Gasteiger partial charge is 0.479 e. The van der Waals surface area contributed by atoms with Crippen molar-refractivity contribution >= 4 is 29.3 Å². The Morgan fingerprint density at radius 3 is 1.86 bits per heavy atom. The predicted molar refractivity (Wildman–Crippen MR) is 199 cm³/mol. The van der Waals surface area contributed by atoms with Crippen LogP contribution in [0, 0.1) is 11.8 Å². The van der Waals surface area contributed by atoms with Crippen LogP contribution < -0.4 is 0 Å². The lowest BCUT2D eigenvalue weighted by molar-refractivity contribution is -0.169. The van der Waals surface area contributed by atoms with Crippen molar-refractivity contribution < 1.29 is 33.3 Å². The fraction of sp³-hybridized carbons (Fsp3) is 0.585. The van der Waals surface area contributed by atoms with Crippen molar-refractivity contribution in [2.24, 2.45) is 11.8 Å². The number of amides is 1. The molecule has 2 N–H and O–H groups in total. The zero-order valence-electron chi connectivity index (χ0n) is 30.3. The lowest BCUT2D eigenvalue weighted by atomic mass is 9.75. The fourth-order valence-corrected chi connectivity index (χ4v) is 7.59. The third kappa shape index (κ3) is 10.2. The van der Waals surface area contributed by atoms with Gasteiger partial charge in [-0.1, -0.05) is 145 Å². The fourth-order valence-electron chi connectivity index (χ4n) is 7.25. The Bertz CT molecular complexity index is 1350. The van der Waals surface area contributed by atoms with Gasteiger partial charge in [-0.25, -0.2) is 13.6 Å². The van der Waals surface area contributed by atoms with Crippen LogP contribution in [0.3, 0.4) is 0 Å². The van der Waals surface area contributed by atoms with E-state index >= 15 is 0 Å². The Labute approximate surface area is 303 Å². The van der Waals surface area contributed by atoms with Gasteiger partial charge in [-0.2, -0.15) is 0 Å². The SMILES string of the molecule is CCCCCCCC(F)(F)CCCCCCC=C[C@H](C(=O)N1C(=S)OC(c2ccccc2)(c2ccccc2)[C@@H]1C(C)C)[C@@](O)(CCC)C(=O)O. The number of allylic oxidation sites excluding steroid dienone is 1. The maximum atomic E-state index is 14.7. The van der Waals surface area contributed by atoms with E-state index in [-0.39, 0.29) is 30.4 Å². The Morgan fingerprint density at radius 2 is 1.38 bits per heavy atom. The number of carbonyl (C=O) groups excluding carboxylic acids is 1. The van der Waals surface area contributed by atoms with Gasteiger partial charge in [0, 0.05) is 24.0 Å². The van der Waals surface area contributed by atoms with Gasteiger partial charge in [0.25, 0.3) is 5.17 Å². The summed E-state index contributed by atoms with van der Waals surface area (Å²) in [6, 6.07) is 18.4. The van der Waals surface area contributed by atoms with Crippen LogP contribution in [0.5, 0.6) is 0 Å². The zero-order valence-corrected chi connectivity index (χ0v) is 31.1. The number of halogens is 2. The molecule has 1 amide bonds. The summed E-state index contributed by atoms with van der Waals surface area (Å²) in [5, 5.41) is 21.9. The Hall–Kier alpha value is -3.17. The van der Waals surface area contributed by atoms with E-state index in [4.69, 9.17) is 17.0 Å². The Morgan fingerprint density at radius 1 is 0.860 bits per heavy atom. The average molecular weight is 714 g/mol. The molecule has 2 aromatic carbocycles. The molecule has 1 aliphatic rings. The summed E-state index contributed by atoms with van der Waals surface area (Å²) in [6.07, 6.45) is 10.8. The molecule has 0 saturated carbocycles. The highest BCUT2D eigenvalue weighted by molar-refractivity contribution is 7.80. The van der Waals surface area contributed by atoms with Crippen LogP contribution in [0.15, 0.2) is 72.8 Å². The topological polar surface area (TPSA) is 87.1 Å². The highest BCUT2D eigenvalue weighted by atomic mass is 32.1. The van der Waals surface area contributed by atoms with Crippen LogP contribution in [0.2, 0.25) is 0 Å². The average Bonchev–Trinajstić information content (AvgIpc) is 3.42. The molecular formula is C41H57F2NO5S. The molecule has 0 aromatic heterocycles. The van der Waals surface area contributed by atoms with Crippen molar-refractivity contribution in [3.05, 3.63) is 83.9 Å². The summed E-state index contributed by atoms with van der Waals surface area (Å²) in [5.41, 5.74) is -1.97. The molecule has 1 heterocycles. The van der Waals surface area contributed by atoms with E-state index in [1.165, 1.54) is 11.0 Å². The predicted octanol–water partition coefficient (Wildman–Crippen LogP) is 10.2. The van der Waals surface area contributed by atoms with Crippen LogP contribution in [0.25, 0.3) is 0 Å². The van der Waals surface area contributed by atoms with Gasteiger partial charge < -0.3 is 14.9 Å². The molecule has 50 heavy (non-hydrogen) atoms. The molecule has 0 spiro atoms. The first-order valence-electron chi connectivity index (χ1n) is 18.5. The first-order valence-corrected chi connectivity index (χ1v) is 18.9. The molecule has 2 aromatic rings. The van der Waals surface area contributed by atoms with Crippen LogP contribution in [-0.2, 0) is 19.9 Å². The van der Waals surface area contributed by atoms with E-state index in [0.29, 0.717) is 38.5 Å². The van der Waals surface area contributed by atoms with Crippen molar-refractivity contribution in [1.82, 2.24) is 4.90 Å². The van der Waals surface area contributed by atoms with Crippen molar-refractivity contribution in [3.8, 4) is 0 Å². The summed E-state index contributed by atoms with van der Waals surface area (Å²) in [4.78, 5) is 28.7. The van der Waals surface area contributed by atoms with Crippen molar-refractivity contribution in [3.63, 3.8) is 0 Å². The second kappa shape index (κ2) is 19.4. The van der Waals surface area contributed by atoms with Gasteiger partial charge >= 0.3 is 5.97 Å². The number of hydrogen-bond donors (Lipinski definition) is 2. The van der Waals surface area contributed by atoms with Crippen molar-refractivity contribution in [2.45, 2.75) is 141 Å². The molecule has 6 nitrogen and oxygen atoms in total. The summed E-state index contributed by atoms with van der Waals surface area (Å²) in [5.74, 6) is -6.40. The normalized spacial score (nSPS) is 18.0. The molecular weight excluding hydrogens is 657 g/mol. The van der Waals surface area contributed by atoms with E-state index in [1.54, 1.807) is 13.0 Å². The van der Waals surface area contributed by atoms with Crippen LogP contribution >= 0.6 is 12.2 Å². The molecule has 0 unspecified atom stereocenters. The minimum Gasteiger partial charge on any atom is -0.479 e. The number of aliphatic carboxylic acids is 1. The molecule has 0 radical (unpaired) electrons. The molecule has 1 saturated heterocycles. The van der Waals surface area contributed by atoms with Gasteiger partial charge in [0.2, 0.25) is 11.8 Å². The first-order chi connectivity index (χ1) is 23.9. The van der Waals surface area contributed by atoms with Gasteiger partial charge in [0.05, 0.1) is 12.0 Å². The third-order valence-electron chi connectivity index (χ3n) is 9.83. The molecule has 3 rings (SSSR count). The second-order valence-corrected chi connectivity index (χ2v) is 14.4.